The standard InChI is InChI=1S/C12H20N4O2/c1-7(2)6-18-12-9(13)4-5-10(16-12)15-8(3)11(14)17/h4-5,7-8H,6,13H2,1-3H3,(H2,14,17)(H,15,16). The molecular weight excluding hydrogens is 232 g/mol. The number of nitrogens with zero attached hydrogens (tertiary/aromatic N) is 1. The van der Waals surface area contributed by atoms with Gasteiger partial charge in [0.2, 0.25) is 11.8 Å². The number of rotatable bonds is 6. The Bertz CT molecular complexity index is 421. The van der Waals surface area contributed by atoms with Crippen molar-refractivity contribution in [3.05, 3.63) is 12.1 Å². The van der Waals surface area contributed by atoms with Crippen molar-refractivity contribution in [1.82, 2.24) is 4.98 Å². The van der Waals surface area contributed by atoms with Gasteiger partial charge in [0.1, 0.15) is 11.9 Å². The smallest absolute Gasteiger partial charge is 0.239 e. The molecule has 1 heterocycles. The van der Waals surface area contributed by atoms with Crippen molar-refractivity contribution < 1.29 is 9.53 Å². The number of carbonyl (C=O) groups excluding carboxylic acids is 1. The van der Waals surface area contributed by atoms with Crippen LogP contribution >= 0.6 is 0 Å². The molecule has 0 aliphatic heterocycles. The van der Waals surface area contributed by atoms with Crippen molar-refractivity contribution in [2.75, 3.05) is 17.7 Å². The number of aromatic nitrogens is 1. The molecule has 0 fully saturated rings. The maximum absolute atomic E-state index is 10.9. The van der Waals surface area contributed by atoms with E-state index in [-0.39, 0.29) is 0 Å². The minimum atomic E-state index is -0.501. The van der Waals surface area contributed by atoms with E-state index in [4.69, 9.17) is 16.2 Å². The SMILES string of the molecule is CC(C)COc1nc(NC(C)C(N)=O)ccc1N. The Labute approximate surface area is 107 Å². The lowest BCUT2D eigenvalue weighted by Gasteiger charge is -2.14. The van der Waals surface area contributed by atoms with Crippen LogP contribution in [0.2, 0.25) is 0 Å². The van der Waals surface area contributed by atoms with Crippen molar-refractivity contribution in [2.45, 2.75) is 26.8 Å². The van der Waals surface area contributed by atoms with Crippen LogP contribution in [0.4, 0.5) is 11.5 Å². The molecule has 100 valence electrons. The van der Waals surface area contributed by atoms with Gasteiger partial charge in [-0.05, 0) is 25.0 Å². The molecule has 0 aliphatic rings. The third-order valence-corrected chi connectivity index (χ3v) is 2.23. The summed E-state index contributed by atoms with van der Waals surface area (Å²) in [6.07, 6.45) is 0. The molecule has 6 heteroatoms. The Morgan fingerprint density at radius 1 is 1.44 bits per heavy atom. The fourth-order valence-corrected chi connectivity index (χ4v) is 1.19. The highest BCUT2D eigenvalue weighted by atomic mass is 16.5. The second kappa shape index (κ2) is 6.09. The quantitative estimate of drug-likeness (QED) is 0.700. The molecule has 1 atom stereocenters. The summed E-state index contributed by atoms with van der Waals surface area (Å²) < 4.78 is 5.49. The number of ether oxygens (including phenoxy) is 1. The Morgan fingerprint density at radius 3 is 2.67 bits per heavy atom. The zero-order valence-corrected chi connectivity index (χ0v) is 10.9. The molecule has 0 bridgehead atoms. The zero-order valence-electron chi connectivity index (χ0n) is 10.9. The lowest BCUT2D eigenvalue weighted by Crippen LogP contribution is -2.32. The lowest BCUT2D eigenvalue weighted by molar-refractivity contribution is -0.118. The predicted molar refractivity (Wildman–Crippen MR) is 71.3 cm³/mol. The van der Waals surface area contributed by atoms with E-state index in [9.17, 15) is 4.79 Å². The summed E-state index contributed by atoms with van der Waals surface area (Å²) in [5, 5.41) is 2.88. The molecule has 18 heavy (non-hydrogen) atoms. The van der Waals surface area contributed by atoms with Gasteiger partial charge in [0.05, 0.1) is 12.3 Å². The second-order valence-electron chi connectivity index (χ2n) is 4.56. The highest BCUT2D eigenvalue weighted by Gasteiger charge is 2.11. The van der Waals surface area contributed by atoms with E-state index >= 15 is 0 Å². The molecule has 0 saturated carbocycles. The van der Waals surface area contributed by atoms with E-state index < -0.39 is 11.9 Å². The summed E-state index contributed by atoms with van der Waals surface area (Å²) in [4.78, 5) is 15.1. The average molecular weight is 252 g/mol. The number of nitrogens with two attached hydrogens (primary N) is 2. The number of pyridine rings is 1. The first-order valence-electron chi connectivity index (χ1n) is 5.85. The number of anilines is 2. The van der Waals surface area contributed by atoms with E-state index in [1.807, 2.05) is 13.8 Å². The lowest BCUT2D eigenvalue weighted by atomic mass is 10.2. The van der Waals surface area contributed by atoms with Crippen LogP contribution in [0.1, 0.15) is 20.8 Å². The van der Waals surface area contributed by atoms with Gasteiger partial charge in [0, 0.05) is 0 Å². The summed E-state index contributed by atoms with van der Waals surface area (Å²) >= 11 is 0. The van der Waals surface area contributed by atoms with E-state index in [1.165, 1.54) is 0 Å². The van der Waals surface area contributed by atoms with E-state index in [0.29, 0.717) is 29.9 Å². The van der Waals surface area contributed by atoms with E-state index in [1.54, 1.807) is 19.1 Å². The van der Waals surface area contributed by atoms with Crippen LogP contribution in [0.3, 0.4) is 0 Å². The molecule has 1 unspecified atom stereocenters. The Kier molecular flexibility index (Phi) is 4.76. The second-order valence-corrected chi connectivity index (χ2v) is 4.56. The normalized spacial score (nSPS) is 12.2. The molecule has 1 aromatic rings. The highest BCUT2D eigenvalue weighted by molar-refractivity contribution is 5.82. The van der Waals surface area contributed by atoms with E-state index in [0.717, 1.165) is 0 Å². The number of carbonyl (C=O) groups is 1. The maximum atomic E-state index is 10.9. The fourth-order valence-electron chi connectivity index (χ4n) is 1.19. The molecule has 0 spiro atoms. The minimum Gasteiger partial charge on any atom is -0.476 e. The summed E-state index contributed by atoms with van der Waals surface area (Å²) in [6, 6.07) is 2.86. The minimum absolute atomic E-state index is 0.366. The molecule has 0 radical (unpaired) electrons. The molecule has 0 aromatic carbocycles. The van der Waals surface area contributed by atoms with Gasteiger partial charge in [-0.2, -0.15) is 4.98 Å². The molecule has 0 aliphatic carbocycles. The molecule has 6 nitrogen and oxygen atoms in total. The molecule has 1 rings (SSSR count). The van der Waals surface area contributed by atoms with Crippen LogP contribution in [-0.4, -0.2) is 23.5 Å². The molecule has 5 N–H and O–H groups in total. The van der Waals surface area contributed by atoms with Gasteiger partial charge >= 0.3 is 0 Å². The third kappa shape index (κ3) is 4.12. The van der Waals surface area contributed by atoms with Crippen molar-refractivity contribution in [3.63, 3.8) is 0 Å². The predicted octanol–water partition coefficient (Wildman–Crippen LogP) is 0.984. The monoisotopic (exact) mass is 252 g/mol. The number of hydrogen-bond donors (Lipinski definition) is 3. The van der Waals surface area contributed by atoms with Crippen molar-refractivity contribution in [2.24, 2.45) is 11.7 Å². The summed E-state index contributed by atoms with van der Waals surface area (Å²) in [5.41, 5.74) is 11.4. The van der Waals surface area contributed by atoms with Crippen LogP contribution in [0.25, 0.3) is 0 Å². The zero-order chi connectivity index (χ0) is 13.7. The topological polar surface area (TPSA) is 103 Å². The van der Waals surface area contributed by atoms with Crippen molar-refractivity contribution in [3.8, 4) is 5.88 Å². The fraction of sp³-hybridized carbons (Fsp3) is 0.500. The Morgan fingerprint density at radius 2 is 2.11 bits per heavy atom. The summed E-state index contributed by atoms with van der Waals surface area (Å²) in [6.45, 7) is 6.27. The van der Waals surface area contributed by atoms with E-state index in [2.05, 4.69) is 10.3 Å². The van der Waals surface area contributed by atoms with Crippen molar-refractivity contribution in [1.29, 1.82) is 0 Å². The van der Waals surface area contributed by atoms with Gasteiger partial charge in [0.25, 0.3) is 0 Å². The molecular formula is C12H20N4O2. The maximum Gasteiger partial charge on any atom is 0.239 e. The van der Waals surface area contributed by atoms with Crippen LogP contribution in [0, 0.1) is 5.92 Å². The van der Waals surface area contributed by atoms with Gasteiger partial charge in [-0.15, -0.1) is 0 Å². The first kappa shape index (κ1) is 14.1. The number of nitrogen functional groups attached to an aromatic ring is 1. The van der Waals surface area contributed by atoms with Crippen LogP contribution in [0.5, 0.6) is 5.88 Å². The largest absolute Gasteiger partial charge is 0.476 e. The average Bonchev–Trinajstić information content (AvgIpc) is 2.29. The van der Waals surface area contributed by atoms with Gasteiger partial charge in [0.15, 0.2) is 0 Å². The van der Waals surface area contributed by atoms with Gasteiger partial charge in [-0.3, -0.25) is 4.79 Å². The van der Waals surface area contributed by atoms with Crippen molar-refractivity contribution >= 4 is 17.4 Å². The van der Waals surface area contributed by atoms with Crippen LogP contribution < -0.4 is 21.5 Å². The summed E-state index contributed by atoms with van der Waals surface area (Å²) in [7, 11) is 0. The Hall–Kier alpha value is -1.98. The number of nitrogens with one attached hydrogen (secondary N) is 1. The highest BCUT2D eigenvalue weighted by Crippen LogP contribution is 2.21. The first-order chi connectivity index (χ1) is 8.40. The number of hydrogen-bond acceptors (Lipinski definition) is 5. The third-order valence-electron chi connectivity index (χ3n) is 2.23. The Balaban J connectivity index is 2.77. The van der Waals surface area contributed by atoms with Gasteiger partial charge in [-0.1, -0.05) is 13.8 Å². The molecule has 1 aromatic heterocycles. The molecule has 1 amide bonds. The first-order valence-corrected chi connectivity index (χ1v) is 5.85. The number of primary amides is 1. The van der Waals surface area contributed by atoms with Crippen LogP contribution in [0.15, 0.2) is 12.1 Å². The van der Waals surface area contributed by atoms with Gasteiger partial charge < -0.3 is 21.5 Å². The molecule has 0 saturated heterocycles. The van der Waals surface area contributed by atoms with Crippen LogP contribution in [-0.2, 0) is 4.79 Å². The van der Waals surface area contributed by atoms with Gasteiger partial charge in [-0.25, -0.2) is 0 Å². The number of amides is 1. The summed E-state index contributed by atoms with van der Waals surface area (Å²) in [5.74, 6) is 0.810.